The average Bonchev–Trinajstić information content (AvgIpc) is 2.59. The fraction of sp³-hybridized carbons (Fsp3) is 0.438. The molecule has 1 aromatic rings. The molecule has 2 rings (SSSR count). The Labute approximate surface area is 158 Å². The van der Waals surface area contributed by atoms with Crippen molar-refractivity contribution in [2.45, 2.75) is 36.7 Å². The number of rotatable bonds is 5. The third-order valence-electron chi connectivity index (χ3n) is 4.26. The van der Waals surface area contributed by atoms with Gasteiger partial charge in [0.1, 0.15) is 17.5 Å². The van der Waals surface area contributed by atoms with Crippen molar-refractivity contribution in [1.29, 1.82) is 0 Å². The number of benzene rings is 1. The molecule has 4 atom stereocenters. The summed E-state index contributed by atoms with van der Waals surface area (Å²) in [6.07, 6.45) is -3.93. The molecule has 1 fully saturated rings. The number of carbonyl (C=O) groups is 3. The predicted molar refractivity (Wildman–Crippen MR) is 91.1 cm³/mol. The molecule has 4 unspecified atom stereocenters. The Morgan fingerprint density at radius 1 is 1.30 bits per heavy atom. The van der Waals surface area contributed by atoms with Crippen LogP contribution in [-0.4, -0.2) is 63.4 Å². The van der Waals surface area contributed by atoms with Crippen molar-refractivity contribution in [3.05, 3.63) is 34.6 Å². The van der Waals surface area contributed by atoms with E-state index in [1.165, 1.54) is 0 Å². The van der Waals surface area contributed by atoms with E-state index in [2.05, 4.69) is 10.6 Å². The maximum Gasteiger partial charge on any atom is 0.252 e. The second-order valence-electron chi connectivity index (χ2n) is 6.36. The van der Waals surface area contributed by atoms with Crippen LogP contribution in [0.3, 0.4) is 0 Å². The minimum Gasteiger partial charge on any atom is -0.390 e. The SMILES string of the molecule is NC(=O)CNC(=O)C1(O)CC(O)C(O)C(NC(=O)c2ccc(F)c(Cl)c2)C1. The topological polar surface area (TPSA) is 162 Å². The summed E-state index contributed by atoms with van der Waals surface area (Å²) >= 11 is 5.62. The highest BCUT2D eigenvalue weighted by molar-refractivity contribution is 6.31. The zero-order valence-corrected chi connectivity index (χ0v) is 14.7. The van der Waals surface area contributed by atoms with Crippen molar-refractivity contribution in [1.82, 2.24) is 10.6 Å². The first-order chi connectivity index (χ1) is 12.5. The second kappa shape index (κ2) is 8.17. The molecule has 7 N–H and O–H groups in total. The molecule has 0 aromatic heterocycles. The third kappa shape index (κ3) is 4.92. The standard InChI is InChI=1S/C16H19ClFN3O6/c17-8-3-7(1-2-9(8)18)14(25)21-10-4-16(27,5-11(22)13(10)24)15(26)20-6-12(19)23/h1-3,10-11,13,22,24,27H,4-6H2,(H2,19,23)(H,20,26)(H,21,25). The zero-order valence-electron chi connectivity index (χ0n) is 14.0. The summed E-state index contributed by atoms with van der Waals surface area (Å²) in [5, 5.41) is 34.8. The van der Waals surface area contributed by atoms with Gasteiger partial charge in [-0.15, -0.1) is 0 Å². The number of aliphatic hydroxyl groups is 3. The molecule has 0 heterocycles. The highest BCUT2D eigenvalue weighted by Gasteiger charge is 2.49. The molecular weight excluding hydrogens is 385 g/mol. The van der Waals surface area contributed by atoms with Crippen LogP contribution in [0.25, 0.3) is 0 Å². The van der Waals surface area contributed by atoms with Crippen LogP contribution in [0.1, 0.15) is 23.2 Å². The van der Waals surface area contributed by atoms with Crippen molar-refractivity contribution >= 4 is 29.3 Å². The van der Waals surface area contributed by atoms with E-state index in [0.29, 0.717) is 0 Å². The first kappa shape index (κ1) is 21.0. The lowest BCUT2D eigenvalue weighted by atomic mass is 9.77. The summed E-state index contributed by atoms with van der Waals surface area (Å²) in [5.41, 5.74) is 2.76. The molecule has 0 radical (unpaired) electrons. The van der Waals surface area contributed by atoms with Crippen LogP contribution in [-0.2, 0) is 9.59 Å². The molecule has 11 heteroatoms. The van der Waals surface area contributed by atoms with Crippen LogP contribution in [0, 0.1) is 5.82 Å². The van der Waals surface area contributed by atoms with Gasteiger partial charge in [0.25, 0.3) is 11.8 Å². The summed E-state index contributed by atoms with van der Waals surface area (Å²) in [6, 6.07) is 2.02. The smallest absolute Gasteiger partial charge is 0.252 e. The monoisotopic (exact) mass is 403 g/mol. The largest absolute Gasteiger partial charge is 0.390 e. The van der Waals surface area contributed by atoms with Gasteiger partial charge in [-0.3, -0.25) is 14.4 Å². The molecule has 148 valence electrons. The summed E-state index contributed by atoms with van der Waals surface area (Å²) in [6.45, 7) is -0.523. The lowest BCUT2D eigenvalue weighted by Crippen LogP contribution is -2.63. The number of hydrogen-bond donors (Lipinski definition) is 6. The lowest BCUT2D eigenvalue weighted by Gasteiger charge is -2.41. The predicted octanol–water partition coefficient (Wildman–Crippen LogP) is -1.57. The van der Waals surface area contributed by atoms with Crippen LogP contribution in [0.2, 0.25) is 5.02 Å². The molecule has 1 aromatic carbocycles. The number of amides is 3. The maximum atomic E-state index is 13.2. The van der Waals surface area contributed by atoms with E-state index in [1.807, 2.05) is 0 Å². The third-order valence-corrected chi connectivity index (χ3v) is 4.54. The Morgan fingerprint density at radius 3 is 2.56 bits per heavy atom. The summed E-state index contributed by atoms with van der Waals surface area (Å²) in [5.74, 6) is -3.28. The molecule has 1 aliphatic rings. The Morgan fingerprint density at radius 2 is 1.96 bits per heavy atom. The van der Waals surface area contributed by atoms with E-state index < -0.39 is 66.8 Å². The Bertz CT molecular complexity index is 764. The van der Waals surface area contributed by atoms with Crippen LogP contribution in [0.15, 0.2) is 18.2 Å². The van der Waals surface area contributed by atoms with Crippen LogP contribution < -0.4 is 16.4 Å². The van der Waals surface area contributed by atoms with Crippen LogP contribution in [0.4, 0.5) is 4.39 Å². The zero-order chi connectivity index (χ0) is 20.4. The normalized spacial score (nSPS) is 27.7. The molecule has 3 amide bonds. The molecule has 1 aliphatic carbocycles. The van der Waals surface area contributed by atoms with Gasteiger partial charge in [0.15, 0.2) is 0 Å². The van der Waals surface area contributed by atoms with E-state index in [4.69, 9.17) is 17.3 Å². The van der Waals surface area contributed by atoms with Crippen molar-refractivity contribution in [2.75, 3.05) is 6.54 Å². The molecule has 27 heavy (non-hydrogen) atoms. The minimum absolute atomic E-state index is 0.0182. The summed E-state index contributed by atoms with van der Waals surface area (Å²) in [7, 11) is 0. The number of halogens is 2. The van der Waals surface area contributed by atoms with E-state index >= 15 is 0 Å². The van der Waals surface area contributed by atoms with E-state index in [1.54, 1.807) is 0 Å². The van der Waals surface area contributed by atoms with Crippen molar-refractivity contribution < 1.29 is 34.1 Å². The van der Waals surface area contributed by atoms with Crippen molar-refractivity contribution in [2.24, 2.45) is 5.73 Å². The summed E-state index contributed by atoms with van der Waals surface area (Å²) < 4.78 is 13.2. The van der Waals surface area contributed by atoms with Crippen molar-refractivity contribution in [3.8, 4) is 0 Å². The first-order valence-corrected chi connectivity index (χ1v) is 8.32. The van der Waals surface area contributed by atoms with Gasteiger partial charge in [-0.05, 0) is 18.2 Å². The second-order valence-corrected chi connectivity index (χ2v) is 6.76. The van der Waals surface area contributed by atoms with Gasteiger partial charge in [0.05, 0.1) is 23.7 Å². The number of nitrogens with two attached hydrogens (primary N) is 1. The summed E-state index contributed by atoms with van der Waals surface area (Å²) in [4.78, 5) is 35.2. The van der Waals surface area contributed by atoms with Gasteiger partial charge in [-0.1, -0.05) is 11.6 Å². The van der Waals surface area contributed by atoms with E-state index in [-0.39, 0.29) is 10.6 Å². The number of primary amides is 1. The van der Waals surface area contributed by atoms with Gasteiger partial charge in [0, 0.05) is 18.4 Å². The fourth-order valence-electron chi connectivity index (χ4n) is 2.85. The number of carbonyl (C=O) groups excluding carboxylic acids is 3. The van der Waals surface area contributed by atoms with Crippen LogP contribution >= 0.6 is 11.6 Å². The Hall–Kier alpha value is -2.27. The molecule has 9 nitrogen and oxygen atoms in total. The first-order valence-electron chi connectivity index (χ1n) is 7.94. The van der Waals surface area contributed by atoms with Gasteiger partial charge < -0.3 is 31.7 Å². The molecule has 1 saturated carbocycles. The minimum atomic E-state index is -2.15. The molecule has 0 saturated heterocycles. The molecule has 0 spiro atoms. The quantitative estimate of drug-likeness (QED) is 0.348. The number of hydrogen-bond acceptors (Lipinski definition) is 6. The van der Waals surface area contributed by atoms with Crippen LogP contribution in [0.5, 0.6) is 0 Å². The maximum absolute atomic E-state index is 13.2. The molecular formula is C16H19ClFN3O6. The average molecular weight is 404 g/mol. The fourth-order valence-corrected chi connectivity index (χ4v) is 3.03. The lowest BCUT2D eigenvalue weighted by molar-refractivity contribution is -0.158. The Kier molecular flexibility index (Phi) is 6.37. The number of aliphatic hydroxyl groups excluding tert-OH is 2. The van der Waals surface area contributed by atoms with Crippen molar-refractivity contribution in [3.63, 3.8) is 0 Å². The van der Waals surface area contributed by atoms with E-state index in [0.717, 1.165) is 18.2 Å². The highest BCUT2D eigenvalue weighted by atomic mass is 35.5. The number of nitrogens with one attached hydrogen (secondary N) is 2. The van der Waals surface area contributed by atoms with Gasteiger partial charge in [-0.2, -0.15) is 0 Å². The molecule has 0 bridgehead atoms. The van der Waals surface area contributed by atoms with E-state index in [9.17, 15) is 34.1 Å². The van der Waals surface area contributed by atoms with Gasteiger partial charge in [-0.25, -0.2) is 4.39 Å². The van der Waals surface area contributed by atoms with Gasteiger partial charge in [0.2, 0.25) is 5.91 Å². The molecule has 0 aliphatic heterocycles. The van der Waals surface area contributed by atoms with Gasteiger partial charge >= 0.3 is 0 Å². The Balaban J connectivity index is 2.14. The highest BCUT2D eigenvalue weighted by Crippen LogP contribution is 2.30.